The topological polar surface area (TPSA) is 105 Å². The molecule has 1 atom stereocenters. The molecule has 158 valence electrons. The van der Waals surface area contributed by atoms with Gasteiger partial charge in [0.25, 0.3) is 5.91 Å². The molecular weight excluding hydrogens is 430 g/mol. The predicted octanol–water partition coefficient (Wildman–Crippen LogP) is 2.71. The molecule has 2 aliphatic rings. The number of halogens is 1. The van der Waals surface area contributed by atoms with Crippen LogP contribution >= 0.6 is 11.6 Å². The van der Waals surface area contributed by atoms with Crippen molar-refractivity contribution in [2.24, 2.45) is 5.92 Å². The highest BCUT2D eigenvalue weighted by molar-refractivity contribution is 7.89. The first kappa shape index (κ1) is 20.6. The molecule has 2 heterocycles. The van der Waals surface area contributed by atoms with Crippen molar-refractivity contribution in [3.05, 3.63) is 47.5 Å². The Hall–Kier alpha value is -2.62. The Morgan fingerprint density at radius 3 is 2.87 bits per heavy atom. The molecule has 2 aliphatic heterocycles. The van der Waals surface area contributed by atoms with Gasteiger partial charge in [-0.3, -0.25) is 9.59 Å². The maximum absolute atomic E-state index is 13.1. The van der Waals surface area contributed by atoms with E-state index in [4.69, 9.17) is 16.3 Å². The van der Waals surface area contributed by atoms with Crippen LogP contribution in [0.1, 0.15) is 12.8 Å². The number of fused-ring (bicyclic) bond motifs is 1. The average molecular weight is 450 g/mol. The van der Waals surface area contributed by atoms with Crippen LogP contribution in [0.4, 0.5) is 11.4 Å². The minimum atomic E-state index is -3.83. The zero-order valence-corrected chi connectivity index (χ0v) is 17.5. The van der Waals surface area contributed by atoms with Gasteiger partial charge in [-0.1, -0.05) is 17.7 Å². The standard InChI is InChI=1S/C20H20ClN3O5S/c21-14-4-1-5-15(9-14)22-20(26)13-3-2-8-24(11-13)30(27,28)16-6-7-18-17(10-16)23-19(25)12-29-18/h1,4-7,9-10,13H,2-3,8,11-12H2,(H,22,26)(H,23,25). The maximum Gasteiger partial charge on any atom is 0.262 e. The zero-order chi connectivity index (χ0) is 21.3. The van der Waals surface area contributed by atoms with Gasteiger partial charge in [-0.2, -0.15) is 4.31 Å². The first-order chi connectivity index (χ1) is 14.3. The fraction of sp³-hybridized carbons (Fsp3) is 0.300. The predicted molar refractivity (Wildman–Crippen MR) is 112 cm³/mol. The van der Waals surface area contributed by atoms with Crippen molar-refractivity contribution in [2.45, 2.75) is 17.7 Å². The molecule has 2 amide bonds. The van der Waals surface area contributed by atoms with E-state index in [1.165, 1.54) is 22.5 Å². The van der Waals surface area contributed by atoms with Gasteiger partial charge in [-0.05, 0) is 49.2 Å². The van der Waals surface area contributed by atoms with E-state index < -0.39 is 15.9 Å². The highest BCUT2D eigenvalue weighted by Gasteiger charge is 2.34. The Labute approximate surface area is 179 Å². The zero-order valence-electron chi connectivity index (χ0n) is 15.9. The molecule has 1 fully saturated rings. The fourth-order valence-corrected chi connectivity index (χ4v) is 5.30. The SMILES string of the molecule is O=C1COc2ccc(S(=O)(=O)N3CCCC(C(=O)Nc4cccc(Cl)c4)C3)cc2N1. The van der Waals surface area contributed by atoms with Crippen molar-refractivity contribution in [1.82, 2.24) is 4.31 Å². The summed E-state index contributed by atoms with van der Waals surface area (Å²) in [5.74, 6) is -0.643. The summed E-state index contributed by atoms with van der Waals surface area (Å²) in [4.78, 5) is 24.2. The minimum absolute atomic E-state index is 0.0444. The molecule has 2 aromatic carbocycles. The number of anilines is 2. The molecule has 2 N–H and O–H groups in total. The largest absolute Gasteiger partial charge is 0.482 e. The molecule has 1 unspecified atom stereocenters. The van der Waals surface area contributed by atoms with Gasteiger partial charge in [0, 0.05) is 23.8 Å². The van der Waals surface area contributed by atoms with Crippen molar-refractivity contribution >= 4 is 44.8 Å². The van der Waals surface area contributed by atoms with E-state index in [0.29, 0.717) is 41.5 Å². The second-order valence-electron chi connectivity index (χ2n) is 7.20. The van der Waals surface area contributed by atoms with Gasteiger partial charge in [-0.25, -0.2) is 8.42 Å². The summed E-state index contributed by atoms with van der Waals surface area (Å²) in [5.41, 5.74) is 0.887. The summed E-state index contributed by atoms with van der Waals surface area (Å²) in [6.45, 7) is 0.298. The van der Waals surface area contributed by atoms with E-state index in [1.54, 1.807) is 24.3 Å². The summed E-state index contributed by atoms with van der Waals surface area (Å²) in [6.07, 6.45) is 1.16. The molecule has 2 aromatic rings. The summed E-state index contributed by atoms with van der Waals surface area (Å²) in [5, 5.41) is 5.92. The minimum Gasteiger partial charge on any atom is -0.482 e. The Bertz CT molecular complexity index is 1110. The molecule has 0 radical (unpaired) electrons. The maximum atomic E-state index is 13.1. The number of nitrogens with one attached hydrogen (secondary N) is 2. The summed E-state index contributed by atoms with van der Waals surface area (Å²) < 4.78 is 32.9. The molecule has 0 bridgehead atoms. The van der Waals surface area contributed by atoms with E-state index in [9.17, 15) is 18.0 Å². The van der Waals surface area contributed by atoms with Crippen LogP contribution in [-0.2, 0) is 19.6 Å². The van der Waals surface area contributed by atoms with E-state index in [1.807, 2.05) is 0 Å². The molecule has 30 heavy (non-hydrogen) atoms. The Kier molecular flexibility index (Phi) is 5.68. The lowest BCUT2D eigenvalue weighted by Gasteiger charge is -2.31. The monoisotopic (exact) mass is 449 g/mol. The highest BCUT2D eigenvalue weighted by Crippen LogP contribution is 2.32. The van der Waals surface area contributed by atoms with Crippen LogP contribution in [0.3, 0.4) is 0 Å². The quantitative estimate of drug-likeness (QED) is 0.746. The fourth-order valence-electron chi connectivity index (χ4n) is 3.56. The van der Waals surface area contributed by atoms with Gasteiger partial charge in [0.2, 0.25) is 15.9 Å². The molecule has 1 saturated heterocycles. The molecule has 0 aromatic heterocycles. The number of amides is 2. The third-order valence-electron chi connectivity index (χ3n) is 5.07. The first-order valence-corrected chi connectivity index (χ1v) is 11.3. The lowest BCUT2D eigenvalue weighted by molar-refractivity contribution is -0.121. The Morgan fingerprint density at radius 2 is 2.07 bits per heavy atom. The number of hydrogen-bond donors (Lipinski definition) is 2. The van der Waals surface area contributed by atoms with Crippen LogP contribution in [0.5, 0.6) is 5.75 Å². The van der Waals surface area contributed by atoms with E-state index in [0.717, 1.165) is 0 Å². The van der Waals surface area contributed by atoms with Crippen molar-refractivity contribution < 1.29 is 22.7 Å². The number of sulfonamides is 1. The van der Waals surface area contributed by atoms with Crippen LogP contribution in [-0.4, -0.2) is 44.2 Å². The number of hydrogen-bond acceptors (Lipinski definition) is 5. The highest BCUT2D eigenvalue weighted by atomic mass is 35.5. The van der Waals surface area contributed by atoms with E-state index in [-0.39, 0.29) is 29.9 Å². The van der Waals surface area contributed by atoms with Crippen molar-refractivity contribution in [3.63, 3.8) is 0 Å². The van der Waals surface area contributed by atoms with Crippen LogP contribution in [0.25, 0.3) is 0 Å². The molecule has 0 spiro atoms. The molecule has 0 saturated carbocycles. The number of carbonyl (C=O) groups is 2. The smallest absolute Gasteiger partial charge is 0.262 e. The van der Waals surface area contributed by atoms with Crippen LogP contribution in [0.2, 0.25) is 5.02 Å². The molecule has 10 heteroatoms. The number of nitrogens with zero attached hydrogens (tertiary/aromatic N) is 1. The van der Waals surface area contributed by atoms with Crippen molar-refractivity contribution in [1.29, 1.82) is 0 Å². The molecule has 4 rings (SSSR count). The molecule has 0 aliphatic carbocycles. The van der Waals surface area contributed by atoms with E-state index in [2.05, 4.69) is 10.6 Å². The van der Waals surface area contributed by atoms with Gasteiger partial charge in [0.05, 0.1) is 16.5 Å². The van der Waals surface area contributed by atoms with E-state index >= 15 is 0 Å². The Balaban J connectivity index is 1.50. The third-order valence-corrected chi connectivity index (χ3v) is 7.16. The lowest BCUT2D eigenvalue weighted by atomic mass is 9.99. The van der Waals surface area contributed by atoms with Crippen LogP contribution in [0.15, 0.2) is 47.4 Å². The number of rotatable bonds is 4. The second kappa shape index (κ2) is 8.25. The second-order valence-corrected chi connectivity index (χ2v) is 9.57. The van der Waals surface area contributed by atoms with Crippen LogP contribution in [0, 0.1) is 5.92 Å². The van der Waals surface area contributed by atoms with Crippen molar-refractivity contribution in [3.8, 4) is 5.75 Å². The Morgan fingerprint density at radius 1 is 1.23 bits per heavy atom. The third kappa shape index (κ3) is 4.28. The molecule has 8 nitrogen and oxygen atoms in total. The number of ether oxygens (including phenoxy) is 1. The number of piperidine rings is 1. The lowest BCUT2D eigenvalue weighted by Crippen LogP contribution is -2.43. The summed E-state index contributed by atoms with van der Waals surface area (Å²) in [6, 6.07) is 11.2. The van der Waals surface area contributed by atoms with Gasteiger partial charge in [0.1, 0.15) is 5.75 Å². The average Bonchev–Trinajstić information content (AvgIpc) is 2.73. The summed E-state index contributed by atoms with van der Waals surface area (Å²) in [7, 11) is -3.83. The first-order valence-electron chi connectivity index (χ1n) is 9.46. The van der Waals surface area contributed by atoms with Crippen molar-refractivity contribution in [2.75, 3.05) is 30.3 Å². The summed E-state index contributed by atoms with van der Waals surface area (Å²) >= 11 is 5.95. The van der Waals surface area contributed by atoms with Crippen LogP contribution < -0.4 is 15.4 Å². The number of benzene rings is 2. The van der Waals surface area contributed by atoms with Gasteiger partial charge in [-0.15, -0.1) is 0 Å². The van der Waals surface area contributed by atoms with Gasteiger partial charge >= 0.3 is 0 Å². The molecular formula is C20H20ClN3O5S. The van der Waals surface area contributed by atoms with Gasteiger partial charge < -0.3 is 15.4 Å². The number of carbonyl (C=O) groups excluding carboxylic acids is 2. The van der Waals surface area contributed by atoms with Gasteiger partial charge in [0.15, 0.2) is 6.61 Å². The normalized spacial score (nSPS) is 19.4.